The van der Waals surface area contributed by atoms with E-state index in [1.165, 1.54) is 18.2 Å². The molecule has 3 rings (SSSR count). The Bertz CT molecular complexity index is 944. The Balaban J connectivity index is 2.02. The lowest BCUT2D eigenvalue weighted by atomic mass is 10.1. The highest BCUT2D eigenvalue weighted by Gasteiger charge is 2.36. The van der Waals surface area contributed by atoms with Crippen molar-refractivity contribution in [3.05, 3.63) is 53.6 Å². The largest absolute Gasteiger partial charge is 0.453 e. The van der Waals surface area contributed by atoms with E-state index >= 15 is 0 Å². The van der Waals surface area contributed by atoms with Crippen LogP contribution in [0.15, 0.2) is 36.4 Å². The number of aromatic amines is 1. The summed E-state index contributed by atoms with van der Waals surface area (Å²) in [6.45, 7) is 0. The summed E-state index contributed by atoms with van der Waals surface area (Å²) in [7, 11) is 0. The zero-order valence-corrected chi connectivity index (χ0v) is 12.5. The van der Waals surface area contributed by atoms with Gasteiger partial charge in [0.15, 0.2) is 5.82 Å². The van der Waals surface area contributed by atoms with Gasteiger partial charge in [-0.15, -0.1) is 5.10 Å². The zero-order chi connectivity index (χ0) is 19.1. The lowest BCUT2D eigenvalue weighted by molar-refractivity contribution is -0.144. The smallest absolute Gasteiger partial charge is 0.257 e. The molecular formula is C15H7F7N4. The molecule has 26 heavy (non-hydrogen) atoms. The minimum Gasteiger partial charge on any atom is -0.257 e. The molecule has 0 atom stereocenters. The van der Waals surface area contributed by atoms with Crippen LogP contribution in [0.5, 0.6) is 0 Å². The van der Waals surface area contributed by atoms with Crippen LogP contribution < -0.4 is 0 Å². The molecule has 0 unspecified atom stereocenters. The number of nitrogens with one attached hydrogen (secondary N) is 1. The normalized spacial score (nSPS) is 12.4. The van der Waals surface area contributed by atoms with Crippen LogP contribution >= 0.6 is 0 Å². The summed E-state index contributed by atoms with van der Waals surface area (Å²) in [5.74, 6) is -3.15. The molecule has 0 aliphatic carbocycles. The molecule has 0 aliphatic heterocycles. The van der Waals surface area contributed by atoms with E-state index in [2.05, 4.69) is 20.2 Å². The molecule has 1 N–H and O–H groups in total. The fraction of sp³-hybridized carbons (Fsp3) is 0.133. The molecule has 0 saturated carbocycles. The Morgan fingerprint density at radius 3 is 2.12 bits per heavy atom. The molecule has 11 heteroatoms. The van der Waals surface area contributed by atoms with Crippen molar-refractivity contribution < 1.29 is 30.7 Å². The second-order valence-corrected chi connectivity index (χ2v) is 5.11. The van der Waals surface area contributed by atoms with Crippen LogP contribution in [0.3, 0.4) is 0 Å². The van der Waals surface area contributed by atoms with Crippen LogP contribution in [0.4, 0.5) is 30.7 Å². The Morgan fingerprint density at radius 2 is 1.50 bits per heavy atom. The van der Waals surface area contributed by atoms with E-state index in [1.54, 1.807) is 0 Å². The standard InChI is InChI=1S/C15H7F7N4/c16-9-5-4-7(6-8(9)14(17,18)19)10-2-1-3-11(23-10)12-24-13(26-25-12)15(20,21)22/h1-6H,(H,24,25,26). The molecule has 0 bridgehead atoms. The predicted molar refractivity (Wildman–Crippen MR) is 75.0 cm³/mol. The number of hydrogen-bond donors (Lipinski definition) is 1. The summed E-state index contributed by atoms with van der Waals surface area (Å²) < 4.78 is 89.5. The van der Waals surface area contributed by atoms with Crippen LogP contribution in [-0.4, -0.2) is 20.2 Å². The molecular weight excluding hydrogens is 369 g/mol. The number of halogens is 7. The summed E-state index contributed by atoms with van der Waals surface area (Å²) in [5, 5.41) is 5.09. The van der Waals surface area contributed by atoms with E-state index in [4.69, 9.17) is 0 Å². The average Bonchev–Trinajstić information content (AvgIpc) is 3.04. The van der Waals surface area contributed by atoms with Crippen LogP contribution in [-0.2, 0) is 12.4 Å². The van der Waals surface area contributed by atoms with Crippen LogP contribution in [0.1, 0.15) is 11.4 Å². The highest BCUT2D eigenvalue weighted by Crippen LogP contribution is 2.34. The third-order valence-electron chi connectivity index (χ3n) is 3.30. The summed E-state index contributed by atoms with van der Waals surface area (Å²) in [5.41, 5.74) is -1.60. The second kappa shape index (κ2) is 6.07. The van der Waals surface area contributed by atoms with Gasteiger partial charge in [0.1, 0.15) is 11.5 Å². The minimum absolute atomic E-state index is 0.00189. The second-order valence-electron chi connectivity index (χ2n) is 5.11. The van der Waals surface area contributed by atoms with Gasteiger partial charge in [0.2, 0.25) is 0 Å². The van der Waals surface area contributed by atoms with E-state index in [0.29, 0.717) is 12.1 Å². The topological polar surface area (TPSA) is 54.5 Å². The number of H-pyrrole nitrogens is 1. The fourth-order valence-electron chi connectivity index (χ4n) is 2.13. The third kappa shape index (κ3) is 3.51. The molecule has 4 nitrogen and oxygen atoms in total. The summed E-state index contributed by atoms with van der Waals surface area (Å²) in [6, 6.07) is 6.30. The maximum absolute atomic E-state index is 13.4. The SMILES string of the molecule is Fc1ccc(-c2cccc(-c3nc(C(F)(F)F)n[nH]3)n2)cc1C(F)(F)F. The number of alkyl halides is 6. The highest BCUT2D eigenvalue weighted by molar-refractivity contribution is 5.64. The van der Waals surface area contributed by atoms with Gasteiger partial charge >= 0.3 is 12.4 Å². The Morgan fingerprint density at radius 1 is 0.808 bits per heavy atom. The van der Waals surface area contributed by atoms with Crippen molar-refractivity contribution >= 4 is 0 Å². The highest BCUT2D eigenvalue weighted by atomic mass is 19.4. The van der Waals surface area contributed by atoms with Crippen LogP contribution in [0, 0.1) is 5.82 Å². The fourth-order valence-corrected chi connectivity index (χ4v) is 2.13. The van der Waals surface area contributed by atoms with E-state index in [9.17, 15) is 30.7 Å². The number of aromatic nitrogens is 4. The molecule has 2 aromatic heterocycles. The molecule has 0 amide bonds. The van der Waals surface area contributed by atoms with Crippen LogP contribution in [0.2, 0.25) is 0 Å². The summed E-state index contributed by atoms with van der Waals surface area (Å²) >= 11 is 0. The maximum Gasteiger partial charge on any atom is 0.453 e. The van der Waals surface area contributed by atoms with Gasteiger partial charge in [-0.25, -0.2) is 14.4 Å². The van der Waals surface area contributed by atoms with E-state index < -0.39 is 29.6 Å². The summed E-state index contributed by atoms with van der Waals surface area (Å²) in [6.07, 6.45) is -9.66. The molecule has 2 heterocycles. The Hall–Kier alpha value is -2.98. The average molecular weight is 376 g/mol. The van der Waals surface area contributed by atoms with E-state index in [0.717, 1.165) is 6.07 Å². The van der Waals surface area contributed by atoms with Crippen LogP contribution in [0.25, 0.3) is 22.8 Å². The molecule has 1 aromatic carbocycles. The van der Waals surface area contributed by atoms with Crippen molar-refractivity contribution in [2.75, 3.05) is 0 Å². The number of nitrogens with zero attached hydrogens (tertiary/aromatic N) is 3. The van der Waals surface area contributed by atoms with Crippen molar-refractivity contribution in [2.45, 2.75) is 12.4 Å². The van der Waals surface area contributed by atoms with E-state index in [-0.39, 0.29) is 22.8 Å². The molecule has 0 aliphatic rings. The Labute approximate surface area is 140 Å². The van der Waals surface area contributed by atoms with Crippen molar-refractivity contribution in [3.8, 4) is 22.8 Å². The van der Waals surface area contributed by atoms with Gasteiger partial charge < -0.3 is 0 Å². The lowest BCUT2D eigenvalue weighted by Gasteiger charge is -2.10. The van der Waals surface area contributed by atoms with Gasteiger partial charge in [0, 0.05) is 5.56 Å². The minimum atomic E-state index is -4.90. The first-order valence-corrected chi connectivity index (χ1v) is 6.90. The van der Waals surface area contributed by atoms with Crippen molar-refractivity contribution in [1.29, 1.82) is 0 Å². The molecule has 3 aromatic rings. The lowest BCUT2D eigenvalue weighted by Crippen LogP contribution is -2.08. The van der Waals surface area contributed by atoms with Gasteiger partial charge in [0.05, 0.1) is 11.3 Å². The van der Waals surface area contributed by atoms with Crippen molar-refractivity contribution in [1.82, 2.24) is 20.2 Å². The first kappa shape index (κ1) is 17.8. The van der Waals surface area contributed by atoms with Gasteiger partial charge in [-0.1, -0.05) is 6.07 Å². The molecule has 0 fully saturated rings. The quantitative estimate of drug-likeness (QED) is 0.659. The zero-order valence-electron chi connectivity index (χ0n) is 12.5. The number of pyridine rings is 1. The van der Waals surface area contributed by atoms with Gasteiger partial charge in [-0.3, -0.25) is 5.10 Å². The first-order valence-electron chi connectivity index (χ1n) is 6.90. The number of hydrogen-bond acceptors (Lipinski definition) is 3. The molecule has 0 radical (unpaired) electrons. The molecule has 0 spiro atoms. The van der Waals surface area contributed by atoms with Gasteiger partial charge in [-0.2, -0.15) is 26.3 Å². The Kier molecular flexibility index (Phi) is 4.17. The predicted octanol–water partition coefficient (Wildman–Crippen LogP) is 4.71. The monoisotopic (exact) mass is 376 g/mol. The third-order valence-corrected chi connectivity index (χ3v) is 3.30. The maximum atomic E-state index is 13.4. The number of benzene rings is 1. The van der Waals surface area contributed by atoms with Gasteiger partial charge in [-0.05, 0) is 30.3 Å². The van der Waals surface area contributed by atoms with Gasteiger partial charge in [0.25, 0.3) is 5.82 Å². The molecule has 136 valence electrons. The first-order chi connectivity index (χ1) is 12.1. The summed E-state index contributed by atoms with van der Waals surface area (Å²) in [4.78, 5) is 7.23. The number of rotatable bonds is 2. The van der Waals surface area contributed by atoms with Crippen molar-refractivity contribution in [3.63, 3.8) is 0 Å². The molecule has 0 saturated heterocycles. The van der Waals surface area contributed by atoms with Crippen molar-refractivity contribution in [2.24, 2.45) is 0 Å². The van der Waals surface area contributed by atoms with E-state index in [1.807, 2.05) is 0 Å².